The third kappa shape index (κ3) is 4.45. The van der Waals surface area contributed by atoms with Crippen molar-refractivity contribution < 1.29 is 23.8 Å². The summed E-state index contributed by atoms with van der Waals surface area (Å²) >= 11 is 0. The first-order valence-corrected chi connectivity index (χ1v) is 7.53. The quantitative estimate of drug-likeness (QED) is 0.388. The molecule has 3 aromatic carbocycles. The topological polar surface area (TPSA) is 61.8 Å². The van der Waals surface area contributed by atoms with Crippen molar-refractivity contribution in [1.29, 1.82) is 0 Å². The zero-order valence-corrected chi connectivity index (χ0v) is 13.1. The van der Waals surface area contributed by atoms with Crippen LogP contribution in [0.4, 0.5) is 4.79 Å². The number of ether oxygens (including phenoxy) is 3. The van der Waals surface area contributed by atoms with Crippen LogP contribution in [0.3, 0.4) is 0 Å². The number of carbonyl (C=O) groups is 2. The first-order chi connectivity index (χ1) is 12.2. The summed E-state index contributed by atoms with van der Waals surface area (Å²) in [6.45, 7) is 0. The number of para-hydroxylation sites is 3. The lowest BCUT2D eigenvalue weighted by atomic mass is 10.2. The van der Waals surface area contributed by atoms with Gasteiger partial charge in [0.2, 0.25) is 0 Å². The maximum atomic E-state index is 12.3. The van der Waals surface area contributed by atoms with E-state index >= 15 is 0 Å². The maximum Gasteiger partial charge on any atom is 0.521 e. The van der Waals surface area contributed by atoms with Crippen LogP contribution in [0.5, 0.6) is 17.2 Å². The third-order valence-corrected chi connectivity index (χ3v) is 3.20. The standard InChI is InChI=1S/C20H14O5/c21-19(25-20(22)24-16-11-5-2-6-12-16)17-13-7-8-14-18(17)23-15-9-3-1-4-10-15/h1-14H. The Kier molecular flexibility index (Phi) is 5.07. The second-order valence-electron chi connectivity index (χ2n) is 4.97. The van der Waals surface area contributed by atoms with Gasteiger partial charge in [0.05, 0.1) is 0 Å². The summed E-state index contributed by atoms with van der Waals surface area (Å²) in [6, 6.07) is 23.8. The van der Waals surface area contributed by atoms with Gasteiger partial charge >= 0.3 is 12.1 Å². The Hall–Kier alpha value is -3.60. The predicted octanol–water partition coefficient (Wildman–Crippen LogP) is 4.83. The zero-order valence-electron chi connectivity index (χ0n) is 13.1. The number of hydrogen-bond acceptors (Lipinski definition) is 5. The highest BCUT2D eigenvalue weighted by atomic mass is 16.7. The summed E-state index contributed by atoms with van der Waals surface area (Å²) < 4.78 is 15.4. The minimum atomic E-state index is -1.11. The third-order valence-electron chi connectivity index (χ3n) is 3.20. The highest BCUT2D eigenvalue weighted by Crippen LogP contribution is 2.25. The van der Waals surface area contributed by atoms with Crippen molar-refractivity contribution in [3.8, 4) is 17.2 Å². The number of esters is 1. The largest absolute Gasteiger partial charge is 0.521 e. The molecule has 0 atom stereocenters. The van der Waals surface area contributed by atoms with Gasteiger partial charge in [-0.2, -0.15) is 0 Å². The molecule has 0 aliphatic carbocycles. The van der Waals surface area contributed by atoms with Crippen molar-refractivity contribution in [1.82, 2.24) is 0 Å². The second kappa shape index (κ2) is 7.79. The normalized spacial score (nSPS) is 9.92. The van der Waals surface area contributed by atoms with Gasteiger partial charge < -0.3 is 14.2 Å². The number of benzene rings is 3. The lowest BCUT2D eigenvalue weighted by Gasteiger charge is -2.10. The second-order valence-corrected chi connectivity index (χ2v) is 4.97. The van der Waals surface area contributed by atoms with Gasteiger partial charge in [-0.15, -0.1) is 0 Å². The molecule has 0 heterocycles. The Morgan fingerprint density at radius 2 is 1.20 bits per heavy atom. The van der Waals surface area contributed by atoms with E-state index in [-0.39, 0.29) is 17.1 Å². The summed E-state index contributed by atoms with van der Waals surface area (Å²) in [6.07, 6.45) is -1.11. The molecule has 0 N–H and O–H groups in total. The van der Waals surface area contributed by atoms with Crippen LogP contribution in [0.15, 0.2) is 84.9 Å². The van der Waals surface area contributed by atoms with E-state index < -0.39 is 12.1 Å². The molecule has 0 spiro atoms. The molecule has 0 fully saturated rings. The van der Waals surface area contributed by atoms with Crippen molar-refractivity contribution in [2.24, 2.45) is 0 Å². The SMILES string of the molecule is O=C(OC(=O)c1ccccc1Oc1ccccc1)Oc1ccccc1. The van der Waals surface area contributed by atoms with Crippen molar-refractivity contribution in [3.63, 3.8) is 0 Å². The molecule has 5 heteroatoms. The number of carbonyl (C=O) groups excluding carboxylic acids is 2. The summed E-state index contributed by atoms with van der Waals surface area (Å²) in [5, 5.41) is 0. The van der Waals surface area contributed by atoms with E-state index in [2.05, 4.69) is 0 Å². The van der Waals surface area contributed by atoms with Gasteiger partial charge in [0.1, 0.15) is 22.8 Å². The van der Waals surface area contributed by atoms with Gasteiger partial charge in [-0.05, 0) is 36.4 Å². The zero-order chi connectivity index (χ0) is 17.5. The van der Waals surface area contributed by atoms with E-state index in [9.17, 15) is 9.59 Å². The molecule has 25 heavy (non-hydrogen) atoms. The van der Waals surface area contributed by atoms with E-state index in [1.165, 1.54) is 6.07 Å². The lowest BCUT2D eigenvalue weighted by molar-refractivity contribution is 0.0527. The van der Waals surface area contributed by atoms with Crippen LogP contribution < -0.4 is 9.47 Å². The van der Waals surface area contributed by atoms with Gasteiger partial charge in [0, 0.05) is 0 Å². The molecular weight excluding hydrogens is 320 g/mol. The monoisotopic (exact) mass is 334 g/mol. The maximum absolute atomic E-state index is 12.3. The molecule has 0 aliphatic rings. The molecular formula is C20H14O5. The summed E-state index contributed by atoms with van der Waals surface area (Å²) in [4.78, 5) is 24.0. The van der Waals surface area contributed by atoms with E-state index in [1.54, 1.807) is 60.7 Å². The molecule has 0 radical (unpaired) electrons. The van der Waals surface area contributed by atoms with Gasteiger partial charge in [-0.1, -0.05) is 48.5 Å². The van der Waals surface area contributed by atoms with Crippen LogP contribution >= 0.6 is 0 Å². The summed E-state index contributed by atoms with van der Waals surface area (Å²) in [5.74, 6) is 0.280. The highest BCUT2D eigenvalue weighted by molar-refractivity contribution is 5.97. The van der Waals surface area contributed by atoms with Crippen LogP contribution in [0.2, 0.25) is 0 Å². The fourth-order valence-corrected chi connectivity index (χ4v) is 2.08. The number of rotatable bonds is 4. The average Bonchev–Trinajstić information content (AvgIpc) is 2.63. The van der Waals surface area contributed by atoms with Crippen LogP contribution in [0.1, 0.15) is 10.4 Å². The smallest absolute Gasteiger partial charge is 0.456 e. The van der Waals surface area contributed by atoms with Gasteiger partial charge in [-0.3, -0.25) is 0 Å². The Morgan fingerprint density at radius 3 is 1.88 bits per heavy atom. The fourth-order valence-electron chi connectivity index (χ4n) is 2.08. The van der Waals surface area contributed by atoms with E-state index in [1.807, 2.05) is 18.2 Å². The molecule has 5 nitrogen and oxygen atoms in total. The van der Waals surface area contributed by atoms with Crippen molar-refractivity contribution >= 4 is 12.1 Å². The van der Waals surface area contributed by atoms with Crippen molar-refractivity contribution in [2.45, 2.75) is 0 Å². The number of hydrogen-bond donors (Lipinski definition) is 0. The Morgan fingerprint density at radius 1 is 0.640 bits per heavy atom. The fraction of sp³-hybridized carbons (Fsp3) is 0. The molecule has 0 saturated carbocycles. The highest BCUT2D eigenvalue weighted by Gasteiger charge is 2.19. The van der Waals surface area contributed by atoms with Crippen LogP contribution in [-0.2, 0) is 4.74 Å². The molecule has 3 aromatic rings. The van der Waals surface area contributed by atoms with Gasteiger partial charge in [0.25, 0.3) is 0 Å². The Balaban J connectivity index is 1.71. The Bertz CT molecular complexity index is 860. The van der Waals surface area contributed by atoms with E-state index in [0.29, 0.717) is 5.75 Å². The van der Waals surface area contributed by atoms with E-state index in [4.69, 9.17) is 14.2 Å². The lowest BCUT2D eigenvalue weighted by Crippen LogP contribution is -2.16. The first-order valence-electron chi connectivity index (χ1n) is 7.53. The molecule has 0 amide bonds. The first kappa shape index (κ1) is 16.3. The molecule has 0 bridgehead atoms. The summed E-state index contributed by atoms with van der Waals surface area (Å²) in [5.41, 5.74) is 0.122. The minimum absolute atomic E-state index is 0.122. The van der Waals surface area contributed by atoms with Gasteiger partial charge in [0.15, 0.2) is 0 Å². The molecule has 0 saturated heterocycles. The Labute approximate surface area is 144 Å². The van der Waals surface area contributed by atoms with Crippen LogP contribution in [0, 0.1) is 0 Å². The van der Waals surface area contributed by atoms with Gasteiger partial charge in [-0.25, -0.2) is 9.59 Å². The average molecular weight is 334 g/mol. The predicted molar refractivity (Wildman–Crippen MR) is 90.8 cm³/mol. The van der Waals surface area contributed by atoms with Crippen molar-refractivity contribution in [3.05, 3.63) is 90.5 Å². The molecule has 0 unspecified atom stereocenters. The molecule has 124 valence electrons. The minimum Gasteiger partial charge on any atom is -0.456 e. The summed E-state index contributed by atoms with van der Waals surface area (Å²) in [7, 11) is 0. The van der Waals surface area contributed by atoms with Crippen molar-refractivity contribution in [2.75, 3.05) is 0 Å². The molecule has 3 rings (SSSR count). The molecule has 0 aliphatic heterocycles. The van der Waals surface area contributed by atoms with Crippen LogP contribution in [-0.4, -0.2) is 12.1 Å². The molecule has 0 aromatic heterocycles. The van der Waals surface area contributed by atoms with E-state index in [0.717, 1.165) is 0 Å². The van der Waals surface area contributed by atoms with Crippen LogP contribution in [0.25, 0.3) is 0 Å².